The molecule has 9 heteroatoms. The van der Waals surface area contributed by atoms with E-state index in [0.717, 1.165) is 12.7 Å². The molecule has 0 spiro atoms. The summed E-state index contributed by atoms with van der Waals surface area (Å²) in [7, 11) is -5.25. The minimum atomic E-state index is -5.26. The molecule has 0 heterocycles. The molecule has 1 N–H and O–H groups in total. The van der Waals surface area contributed by atoms with E-state index in [1.54, 1.807) is 4.72 Å². The van der Waals surface area contributed by atoms with Gasteiger partial charge >= 0.3 is 15.5 Å². The fourth-order valence-corrected chi connectivity index (χ4v) is 3.75. The van der Waals surface area contributed by atoms with Gasteiger partial charge in [0.2, 0.25) is 0 Å². The van der Waals surface area contributed by atoms with E-state index in [9.17, 15) is 21.6 Å². The van der Waals surface area contributed by atoms with Crippen molar-refractivity contribution < 1.29 is 21.6 Å². The zero-order valence-electron chi connectivity index (χ0n) is 8.76. The number of halogens is 5. The lowest BCUT2D eigenvalue weighted by Crippen LogP contribution is -2.37. The second-order valence-corrected chi connectivity index (χ2v) is 7.38. The molecule has 1 aromatic carbocycles. The highest BCUT2D eigenvalue weighted by Crippen LogP contribution is 2.22. The van der Waals surface area contributed by atoms with E-state index in [-0.39, 0.29) is 13.0 Å². The van der Waals surface area contributed by atoms with Crippen LogP contribution in [0.2, 0.25) is 0 Å². The molecule has 102 valence electrons. The fourth-order valence-electron chi connectivity index (χ4n) is 1.16. The van der Waals surface area contributed by atoms with Crippen molar-refractivity contribution in [2.24, 2.45) is 0 Å². The zero-order chi connectivity index (χ0) is 14.0. The first-order valence-electron chi connectivity index (χ1n) is 4.64. The molecule has 0 radical (unpaired) electrons. The molecule has 0 amide bonds. The Kier molecular flexibility index (Phi) is 5.68. The van der Waals surface area contributed by atoms with Gasteiger partial charge < -0.3 is 0 Å². The average molecular weight is 505 g/mol. The fraction of sp³-hybridized carbons (Fsp3) is 0.333. The van der Waals surface area contributed by atoms with E-state index in [2.05, 4.69) is 45.2 Å². The number of hydrogen-bond acceptors (Lipinski definition) is 2. The number of nitrogens with one attached hydrogen (secondary N) is 1. The third kappa shape index (κ3) is 4.20. The predicted octanol–water partition coefficient (Wildman–Crippen LogP) is 2.88. The van der Waals surface area contributed by atoms with Gasteiger partial charge in [-0.05, 0) is 69.3 Å². The Morgan fingerprint density at radius 3 is 2.11 bits per heavy atom. The lowest BCUT2D eigenvalue weighted by Gasteiger charge is -2.11. The molecule has 0 unspecified atom stereocenters. The van der Waals surface area contributed by atoms with Gasteiger partial charge in [-0.2, -0.15) is 13.2 Å². The summed E-state index contributed by atoms with van der Waals surface area (Å²) in [5.41, 5.74) is -4.42. The second kappa shape index (κ2) is 6.22. The molecular formula is C9H8F3I2NO2S. The van der Waals surface area contributed by atoms with Gasteiger partial charge in [0, 0.05) is 13.7 Å². The van der Waals surface area contributed by atoms with Crippen LogP contribution in [0.25, 0.3) is 0 Å². The average Bonchev–Trinajstić information content (AvgIpc) is 2.20. The van der Waals surface area contributed by atoms with Crippen LogP contribution in [0.3, 0.4) is 0 Å². The normalized spacial score (nSPS) is 12.7. The highest BCUT2D eigenvalue weighted by molar-refractivity contribution is 14.1. The Morgan fingerprint density at radius 1 is 1.17 bits per heavy atom. The van der Waals surface area contributed by atoms with Crippen molar-refractivity contribution >= 4 is 55.2 Å². The first-order chi connectivity index (χ1) is 8.15. The van der Waals surface area contributed by atoms with Gasteiger partial charge in [-0.3, -0.25) is 0 Å². The maximum Gasteiger partial charge on any atom is 0.511 e. The Bertz CT molecular complexity index is 511. The largest absolute Gasteiger partial charge is 0.511 e. The van der Waals surface area contributed by atoms with Gasteiger partial charge in [0.05, 0.1) is 0 Å². The first kappa shape index (κ1) is 16.4. The van der Waals surface area contributed by atoms with E-state index in [0.29, 0.717) is 0 Å². The van der Waals surface area contributed by atoms with Crippen LogP contribution in [0.1, 0.15) is 5.56 Å². The minimum Gasteiger partial charge on any atom is -0.207 e. The number of sulfonamides is 1. The van der Waals surface area contributed by atoms with E-state index < -0.39 is 15.5 Å². The molecule has 1 rings (SSSR count). The van der Waals surface area contributed by atoms with Crippen molar-refractivity contribution in [3.63, 3.8) is 0 Å². The number of hydrogen-bond donors (Lipinski definition) is 1. The standard InChI is InChI=1S/C9H8F3I2NO2S/c10-9(11,12)18(16,17)15-5-4-6-7(13)2-1-3-8(6)14/h1-3,15H,4-5H2. The third-order valence-electron chi connectivity index (χ3n) is 2.03. The van der Waals surface area contributed by atoms with Crippen LogP contribution in [0, 0.1) is 7.14 Å². The molecule has 0 fully saturated rings. The Balaban J connectivity index is 2.69. The van der Waals surface area contributed by atoms with Crippen LogP contribution in [-0.2, 0) is 16.4 Å². The summed E-state index contributed by atoms with van der Waals surface area (Å²) in [6.07, 6.45) is 0.215. The molecule has 3 nitrogen and oxygen atoms in total. The molecule has 0 aliphatic carbocycles. The molecule has 1 aromatic rings. The quantitative estimate of drug-likeness (QED) is 0.641. The molecule has 0 saturated carbocycles. The number of rotatable bonds is 4. The van der Waals surface area contributed by atoms with Crippen LogP contribution >= 0.6 is 45.2 Å². The van der Waals surface area contributed by atoms with Crippen LogP contribution in [-0.4, -0.2) is 20.5 Å². The van der Waals surface area contributed by atoms with Crippen molar-refractivity contribution in [3.05, 3.63) is 30.9 Å². The summed E-state index contributed by atoms with van der Waals surface area (Å²) in [5.74, 6) is 0. The van der Waals surface area contributed by atoms with Gasteiger partial charge in [-0.1, -0.05) is 6.07 Å². The van der Waals surface area contributed by atoms with Gasteiger partial charge in [0.15, 0.2) is 0 Å². The molecule has 0 aliphatic rings. The van der Waals surface area contributed by atoms with Crippen LogP contribution in [0.5, 0.6) is 0 Å². The van der Waals surface area contributed by atoms with Crippen LogP contribution in [0.4, 0.5) is 13.2 Å². The van der Waals surface area contributed by atoms with Crippen LogP contribution < -0.4 is 4.72 Å². The topological polar surface area (TPSA) is 46.2 Å². The first-order valence-corrected chi connectivity index (χ1v) is 8.28. The summed E-state index contributed by atoms with van der Waals surface area (Å²) in [4.78, 5) is 0. The van der Waals surface area contributed by atoms with E-state index >= 15 is 0 Å². The van der Waals surface area contributed by atoms with E-state index in [4.69, 9.17) is 0 Å². The summed E-state index contributed by atoms with van der Waals surface area (Å²) >= 11 is 4.12. The molecule has 0 bridgehead atoms. The van der Waals surface area contributed by atoms with Gasteiger partial charge in [-0.15, -0.1) is 0 Å². The molecule has 18 heavy (non-hydrogen) atoms. The summed E-state index contributed by atoms with van der Waals surface area (Å²) in [5, 5.41) is 0. The summed E-state index contributed by atoms with van der Waals surface area (Å²) in [6.45, 7) is -0.280. The lowest BCUT2D eigenvalue weighted by molar-refractivity contribution is -0.0447. The van der Waals surface area contributed by atoms with Crippen molar-refractivity contribution in [1.82, 2.24) is 4.72 Å². The SMILES string of the molecule is O=S(=O)(NCCc1c(I)cccc1I)C(F)(F)F. The molecule has 0 aromatic heterocycles. The molecule has 0 atom stereocenters. The highest BCUT2D eigenvalue weighted by Gasteiger charge is 2.45. The lowest BCUT2D eigenvalue weighted by atomic mass is 10.2. The van der Waals surface area contributed by atoms with Crippen molar-refractivity contribution in [2.75, 3.05) is 6.54 Å². The van der Waals surface area contributed by atoms with Crippen molar-refractivity contribution in [2.45, 2.75) is 11.9 Å². The summed E-state index contributed by atoms with van der Waals surface area (Å²) < 4.78 is 61.1. The van der Waals surface area contributed by atoms with E-state index in [1.165, 1.54) is 0 Å². The minimum absolute atomic E-state index is 0.215. The Morgan fingerprint density at radius 2 is 1.67 bits per heavy atom. The molecule has 0 saturated heterocycles. The van der Waals surface area contributed by atoms with Gasteiger partial charge in [-0.25, -0.2) is 13.1 Å². The van der Waals surface area contributed by atoms with Crippen molar-refractivity contribution in [3.8, 4) is 0 Å². The third-order valence-corrected chi connectivity index (χ3v) is 5.25. The van der Waals surface area contributed by atoms with Crippen LogP contribution in [0.15, 0.2) is 18.2 Å². The smallest absolute Gasteiger partial charge is 0.207 e. The Labute approximate surface area is 130 Å². The Hall–Kier alpha value is 0.380. The predicted molar refractivity (Wildman–Crippen MR) is 78.6 cm³/mol. The molecular weight excluding hydrogens is 497 g/mol. The summed E-state index contributed by atoms with van der Waals surface area (Å²) in [6, 6.07) is 5.46. The number of alkyl halides is 3. The molecule has 0 aliphatic heterocycles. The maximum atomic E-state index is 12.1. The second-order valence-electron chi connectivity index (χ2n) is 3.29. The highest BCUT2D eigenvalue weighted by atomic mass is 127. The maximum absolute atomic E-state index is 12.1. The van der Waals surface area contributed by atoms with Gasteiger partial charge in [0.25, 0.3) is 0 Å². The van der Waals surface area contributed by atoms with Crippen molar-refractivity contribution in [1.29, 1.82) is 0 Å². The van der Waals surface area contributed by atoms with Gasteiger partial charge in [0.1, 0.15) is 0 Å². The monoisotopic (exact) mass is 505 g/mol. The zero-order valence-corrected chi connectivity index (χ0v) is 13.9. The number of benzene rings is 1. The van der Waals surface area contributed by atoms with E-state index in [1.807, 2.05) is 18.2 Å².